The number of rotatable bonds is 5. The first kappa shape index (κ1) is 19.7. The molecule has 0 unspecified atom stereocenters. The van der Waals surface area contributed by atoms with Crippen molar-refractivity contribution in [3.05, 3.63) is 23.8 Å². The lowest BCUT2D eigenvalue weighted by Gasteiger charge is -2.27. The minimum atomic E-state index is -2.90. The lowest BCUT2D eigenvalue weighted by Crippen LogP contribution is -2.44. The molecule has 1 heterocycles. The molecule has 1 aromatic carbocycles. The third-order valence-corrected chi connectivity index (χ3v) is 3.23. The van der Waals surface area contributed by atoms with Gasteiger partial charge in [-0.15, -0.1) is 24.0 Å². The van der Waals surface area contributed by atoms with Crippen LogP contribution >= 0.6 is 24.0 Å². The van der Waals surface area contributed by atoms with Gasteiger partial charge in [0, 0.05) is 18.7 Å². The van der Waals surface area contributed by atoms with E-state index in [4.69, 9.17) is 15.2 Å². The van der Waals surface area contributed by atoms with Crippen LogP contribution in [-0.4, -0.2) is 50.9 Å². The van der Waals surface area contributed by atoms with E-state index in [1.54, 1.807) is 12.1 Å². The van der Waals surface area contributed by atoms with E-state index in [0.29, 0.717) is 43.6 Å². The molecule has 0 aromatic heterocycles. The molecule has 23 heavy (non-hydrogen) atoms. The van der Waals surface area contributed by atoms with Gasteiger partial charge in [-0.2, -0.15) is 8.78 Å². The second-order valence-corrected chi connectivity index (χ2v) is 4.63. The number of alkyl halides is 2. The zero-order valence-electron chi connectivity index (χ0n) is 12.7. The summed E-state index contributed by atoms with van der Waals surface area (Å²) in [6.45, 7) is -0.262. The van der Waals surface area contributed by atoms with Gasteiger partial charge in [0.2, 0.25) is 0 Å². The molecule has 1 aliphatic heterocycles. The molecule has 1 aliphatic rings. The molecule has 0 saturated carbocycles. The van der Waals surface area contributed by atoms with Gasteiger partial charge in [-0.25, -0.2) is 4.99 Å². The first-order chi connectivity index (χ1) is 10.6. The molecule has 1 fully saturated rings. The molecule has 9 heteroatoms. The van der Waals surface area contributed by atoms with Crippen molar-refractivity contribution in [2.45, 2.75) is 13.2 Å². The Kier molecular flexibility index (Phi) is 8.31. The second-order valence-electron chi connectivity index (χ2n) is 4.63. The van der Waals surface area contributed by atoms with Crippen molar-refractivity contribution in [3.8, 4) is 11.5 Å². The quantitative estimate of drug-likeness (QED) is 0.429. The fourth-order valence-corrected chi connectivity index (χ4v) is 2.08. The van der Waals surface area contributed by atoms with Gasteiger partial charge in [-0.1, -0.05) is 0 Å². The van der Waals surface area contributed by atoms with Crippen LogP contribution in [0.2, 0.25) is 0 Å². The predicted octanol–water partition coefficient (Wildman–Crippen LogP) is 2.06. The molecule has 0 amide bonds. The molecule has 2 rings (SSSR count). The molecule has 2 N–H and O–H groups in total. The molecular weight excluding hydrogens is 423 g/mol. The maximum atomic E-state index is 12.4. The van der Waals surface area contributed by atoms with Gasteiger partial charge < -0.3 is 24.8 Å². The Bertz CT molecular complexity index is 526. The van der Waals surface area contributed by atoms with Gasteiger partial charge in [-0.3, -0.25) is 0 Å². The van der Waals surface area contributed by atoms with E-state index in [1.807, 2.05) is 4.90 Å². The summed E-state index contributed by atoms with van der Waals surface area (Å²) in [7, 11) is 1.50. The zero-order chi connectivity index (χ0) is 15.9. The van der Waals surface area contributed by atoms with Gasteiger partial charge >= 0.3 is 6.61 Å². The standard InChI is InChI=1S/C14H19F2N3O3.HI/c1-20-11-2-3-12(22-13(15)16)10(8-11)9-18-14(17)19-4-6-21-7-5-19;/h2-3,8,13H,4-7,9H2,1H3,(H2,17,18);1H. The summed E-state index contributed by atoms with van der Waals surface area (Å²) in [4.78, 5) is 6.13. The number of aliphatic imine (C=N–C) groups is 1. The Hall–Kier alpha value is -1.36. The first-order valence-corrected chi connectivity index (χ1v) is 6.84. The lowest BCUT2D eigenvalue weighted by molar-refractivity contribution is -0.0504. The normalized spacial score (nSPS) is 15.3. The number of halogens is 3. The van der Waals surface area contributed by atoms with Crippen LogP contribution in [0.3, 0.4) is 0 Å². The molecule has 0 atom stereocenters. The maximum Gasteiger partial charge on any atom is 0.387 e. The minimum Gasteiger partial charge on any atom is -0.497 e. The van der Waals surface area contributed by atoms with Gasteiger partial charge in [-0.05, 0) is 18.2 Å². The van der Waals surface area contributed by atoms with Crippen LogP contribution in [0, 0.1) is 0 Å². The highest BCUT2D eigenvalue weighted by Gasteiger charge is 2.14. The predicted molar refractivity (Wildman–Crippen MR) is 92.8 cm³/mol. The molecule has 1 aromatic rings. The highest BCUT2D eigenvalue weighted by molar-refractivity contribution is 14.0. The minimum absolute atomic E-state index is 0. The Labute approximate surface area is 150 Å². The van der Waals surface area contributed by atoms with Crippen LogP contribution < -0.4 is 15.2 Å². The number of nitrogens with two attached hydrogens (primary N) is 1. The molecular formula is C14H20F2IN3O3. The summed E-state index contributed by atoms with van der Waals surface area (Å²) in [6.07, 6.45) is 0. The van der Waals surface area contributed by atoms with Gasteiger partial charge in [0.05, 0.1) is 26.9 Å². The molecule has 0 aliphatic carbocycles. The molecule has 0 spiro atoms. The summed E-state index contributed by atoms with van der Waals surface area (Å²) in [5, 5.41) is 0. The number of hydrogen-bond donors (Lipinski definition) is 1. The molecule has 6 nitrogen and oxygen atoms in total. The fourth-order valence-electron chi connectivity index (χ4n) is 2.08. The van der Waals surface area contributed by atoms with Crippen LogP contribution in [0.1, 0.15) is 5.56 Å². The fraction of sp³-hybridized carbons (Fsp3) is 0.500. The number of nitrogens with zero attached hydrogens (tertiary/aromatic N) is 2. The lowest BCUT2D eigenvalue weighted by atomic mass is 10.2. The van der Waals surface area contributed by atoms with Gasteiger partial charge in [0.15, 0.2) is 5.96 Å². The van der Waals surface area contributed by atoms with Crippen LogP contribution in [0.5, 0.6) is 11.5 Å². The van der Waals surface area contributed by atoms with Crippen LogP contribution in [0.4, 0.5) is 8.78 Å². The summed E-state index contributed by atoms with van der Waals surface area (Å²) in [5.41, 5.74) is 6.40. The molecule has 130 valence electrons. The van der Waals surface area contributed by atoms with Gasteiger partial charge in [0.1, 0.15) is 11.5 Å². The summed E-state index contributed by atoms with van der Waals surface area (Å²) in [5.74, 6) is 0.959. The van der Waals surface area contributed by atoms with E-state index in [9.17, 15) is 8.78 Å². The smallest absolute Gasteiger partial charge is 0.387 e. The molecule has 1 saturated heterocycles. The summed E-state index contributed by atoms with van der Waals surface area (Å²) >= 11 is 0. The van der Waals surface area contributed by atoms with Gasteiger partial charge in [0.25, 0.3) is 0 Å². The highest BCUT2D eigenvalue weighted by Crippen LogP contribution is 2.26. The van der Waals surface area contributed by atoms with E-state index in [1.165, 1.54) is 13.2 Å². The monoisotopic (exact) mass is 443 g/mol. The Morgan fingerprint density at radius 1 is 1.39 bits per heavy atom. The van der Waals surface area contributed by atoms with E-state index < -0.39 is 6.61 Å². The number of hydrogen-bond acceptors (Lipinski definition) is 4. The van der Waals surface area contributed by atoms with E-state index in [0.717, 1.165) is 0 Å². The largest absolute Gasteiger partial charge is 0.497 e. The average Bonchev–Trinajstić information content (AvgIpc) is 2.54. The number of benzene rings is 1. The highest BCUT2D eigenvalue weighted by atomic mass is 127. The van der Waals surface area contributed by atoms with E-state index in [-0.39, 0.29) is 36.3 Å². The van der Waals surface area contributed by atoms with Crippen molar-refractivity contribution in [1.29, 1.82) is 0 Å². The number of morpholine rings is 1. The average molecular weight is 443 g/mol. The topological polar surface area (TPSA) is 69.3 Å². The van der Waals surface area contributed by atoms with Crippen LogP contribution in [-0.2, 0) is 11.3 Å². The number of ether oxygens (including phenoxy) is 3. The SMILES string of the molecule is COc1ccc(OC(F)F)c(CN=C(N)N2CCOCC2)c1.I. The Morgan fingerprint density at radius 2 is 2.09 bits per heavy atom. The third-order valence-electron chi connectivity index (χ3n) is 3.23. The van der Waals surface area contributed by atoms with Crippen molar-refractivity contribution in [1.82, 2.24) is 4.90 Å². The number of methoxy groups -OCH3 is 1. The van der Waals surface area contributed by atoms with Crippen molar-refractivity contribution < 1.29 is 23.0 Å². The van der Waals surface area contributed by atoms with Crippen molar-refractivity contribution in [2.24, 2.45) is 10.7 Å². The molecule has 0 radical (unpaired) electrons. The maximum absolute atomic E-state index is 12.4. The van der Waals surface area contributed by atoms with E-state index >= 15 is 0 Å². The number of guanidine groups is 1. The van der Waals surface area contributed by atoms with Crippen LogP contribution in [0.15, 0.2) is 23.2 Å². The Balaban J connectivity index is 0.00000264. The van der Waals surface area contributed by atoms with E-state index in [2.05, 4.69) is 9.73 Å². The third kappa shape index (κ3) is 5.98. The van der Waals surface area contributed by atoms with Crippen LogP contribution in [0.25, 0.3) is 0 Å². The first-order valence-electron chi connectivity index (χ1n) is 6.84. The second kappa shape index (κ2) is 9.71. The zero-order valence-corrected chi connectivity index (χ0v) is 15.0. The van der Waals surface area contributed by atoms with Crippen molar-refractivity contribution in [2.75, 3.05) is 33.4 Å². The molecule has 0 bridgehead atoms. The summed E-state index contributed by atoms with van der Waals surface area (Å²) in [6, 6.07) is 4.59. The van der Waals surface area contributed by atoms with Crippen molar-refractivity contribution in [3.63, 3.8) is 0 Å². The Morgan fingerprint density at radius 3 is 2.70 bits per heavy atom. The van der Waals surface area contributed by atoms with Crippen molar-refractivity contribution >= 4 is 29.9 Å². The summed E-state index contributed by atoms with van der Waals surface area (Å²) < 4.78 is 39.7.